The van der Waals surface area contributed by atoms with Crippen molar-refractivity contribution in [3.05, 3.63) is 0 Å². The van der Waals surface area contributed by atoms with Crippen LogP contribution in [-0.4, -0.2) is 81.2 Å². The van der Waals surface area contributed by atoms with Gasteiger partial charge in [-0.15, -0.1) is 24.0 Å². The quantitative estimate of drug-likeness (QED) is 0.303. The third-order valence-electron chi connectivity index (χ3n) is 4.70. The molecule has 2 unspecified atom stereocenters. The predicted octanol–water partition coefficient (Wildman–Crippen LogP) is 1.20. The molecule has 2 fully saturated rings. The largest absolute Gasteiger partial charge is 0.401 e. The van der Waals surface area contributed by atoms with E-state index in [1.54, 1.807) is 7.05 Å². The van der Waals surface area contributed by atoms with E-state index in [4.69, 9.17) is 4.74 Å². The van der Waals surface area contributed by atoms with Gasteiger partial charge in [-0.1, -0.05) is 0 Å². The number of halogens is 4. The normalized spacial score (nSPS) is 28.0. The number of nitrogens with zero attached hydrogens (tertiary/aromatic N) is 2. The second kappa shape index (κ2) is 10.1. The molecular weight excluding hydrogens is 452 g/mol. The summed E-state index contributed by atoms with van der Waals surface area (Å²) in [5.74, 6) is 0.582. The summed E-state index contributed by atoms with van der Waals surface area (Å²) in [4.78, 5) is 5.56. The van der Waals surface area contributed by atoms with E-state index in [1.165, 1.54) is 4.90 Å². The van der Waals surface area contributed by atoms with Gasteiger partial charge in [0.2, 0.25) is 0 Å². The molecule has 2 aliphatic heterocycles. The number of guanidine groups is 1. The van der Waals surface area contributed by atoms with Gasteiger partial charge in [-0.05, 0) is 19.3 Å². The van der Waals surface area contributed by atoms with Crippen molar-refractivity contribution in [1.29, 1.82) is 0 Å². The fourth-order valence-electron chi connectivity index (χ4n) is 3.32. The van der Waals surface area contributed by atoms with Crippen molar-refractivity contribution in [3.63, 3.8) is 0 Å². The van der Waals surface area contributed by atoms with Gasteiger partial charge in [-0.25, -0.2) is 0 Å². The highest BCUT2D eigenvalue weighted by Gasteiger charge is 2.36. The molecule has 0 amide bonds. The Morgan fingerprint density at radius 2 is 2.20 bits per heavy atom. The smallest absolute Gasteiger partial charge is 0.396 e. The third kappa shape index (κ3) is 7.43. The SMILES string of the molecule is CN=C(NCC1(CCO)CCOC1)NC1CCN(CC(F)(F)F)C1.I. The van der Waals surface area contributed by atoms with Gasteiger partial charge in [0.1, 0.15) is 0 Å². The first-order valence-electron chi connectivity index (χ1n) is 8.31. The van der Waals surface area contributed by atoms with Crippen LogP contribution in [0.2, 0.25) is 0 Å². The number of hydrogen-bond acceptors (Lipinski definition) is 4. The average molecular weight is 480 g/mol. The van der Waals surface area contributed by atoms with Crippen molar-refractivity contribution >= 4 is 29.9 Å². The summed E-state index contributed by atoms with van der Waals surface area (Å²) in [6.45, 7) is 1.91. The monoisotopic (exact) mass is 480 g/mol. The molecule has 25 heavy (non-hydrogen) atoms. The van der Waals surface area contributed by atoms with Gasteiger partial charge in [0.15, 0.2) is 5.96 Å². The Balaban J connectivity index is 0.00000312. The molecule has 0 aromatic carbocycles. The second-order valence-electron chi connectivity index (χ2n) is 6.68. The topological polar surface area (TPSA) is 69.1 Å². The maximum absolute atomic E-state index is 12.4. The van der Waals surface area contributed by atoms with Crippen molar-refractivity contribution < 1.29 is 23.0 Å². The Bertz CT molecular complexity index is 431. The minimum Gasteiger partial charge on any atom is -0.396 e. The summed E-state index contributed by atoms with van der Waals surface area (Å²) < 4.78 is 42.8. The molecule has 2 heterocycles. The maximum atomic E-state index is 12.4. The lowest BCUT2D eigenvalue weighted by atomic mass is 9.84. The summed E-state index contributed by atoms with van der Waals surface area (Å²) in [5, 5.41) is 15.7. The van der Waals surface area contributed by atoms with Crippen molar-refractivity contribution in [2.75, 3.05) is 53.0 Å². The van der Waals surface area contributed by atoms with Crippen molar-refractivity contribution in [3.8, 4) is 0 Å². The number of aliphatic hydroxyl groups is 1. The van der Waals surface area contributed by atoms with Crippen LogP contribution in [-0.2, 0) is 4.74 Å². The molecule has 0 radical (unpaired) electrons. The highest BCUT2D eigenvalue weighted by atomic mass is 127. The Hall–Kier alpha value is -0.330. The lowest BCUT2D eigenvalue weighted by molar-refractivity contribution is -0.143. The molecule has 0 aliphatic carbocycles. The van der Waals surface area contributed by atoms with Crippen LogP contribution in [0.25, 0.3) is 0 Å². The number of hydrogen-bond donors (Lipinski definition) is 3. The van der Waals surface area contributed by atoms with E-state index in [0.717, 1.165) is 6.42 Å². The van der Waals surface area contributed by atoms with Gasteiger partial charge < -0.3 is 20.5 Å². The molecule has 0 aromatic rings. The summed E-state index contributed by atoms with van der Waals surface area (Å²) >= 11 is 0. The fraction of sp³-hybridized carbons (Fsp3) is 0.933. The minimum atomic E-state index is -4.16. The van der Waals surface area contributed by atoms with Crippen LogP contribution in [0.1, 0.15) is 19.3 Å². The van der Waals surface area contributed by atoms with Crippen molar-refractivity contribution in [1.82, 2.24) is 15.5 Å². The number of rotatable bonds is 6. The molecule has 148 valence electrons. The molecule has 0 spiro atoms. The second-order valence-corrected chi connectivity index (χ2v) is 6.68. The Labute approximate surface area is 163 Å². The first kappa shape index (κ1) is 22.7. The average Bonchev–Trinajstić information content (AvgIpc) is 3.12. The van der Waals surface area contributed by atoms with E-state index < -0.39 is 12.7 Å². The third-order valence-corrected chi connectivity index (χ3v) is 4.70. The van der Waals surface area contributed by atoms with Crippen LogP contribution in [0, 0.1) is 5.41 Å². The number of nitrogens with one attached hydrogen (secondary N) is 2. The van der Waals surface area contributed by atoms with Crippen LogP contribution in [0.5, 0.6) is 0 Å². The Kier molecular flexibility index (Phi) is 9.19. The lowest BCUT2D eigenvalue weighted by Crippen LogP contribution is -2.48. The van der Waals surface area contributed by atoms with Crippen LogP contribution in [0.4, 0.5) is 13.2 Å². The molecule has 2 rings (SSSR count). The number of likely N-dealkylation sites (tertiary alicyclic amines) is 1. The minimum absolute atomic E-state index is 0. The molecular formula is C15H28F3IN4O2. The van der Waals surface area contributed by atoms with Crippen molar-refractivity contribution in [2.45, 2.75) is 31.5 Å². The first-order chi connectivity index (χ1) is 11.4. The van der Waals surface area contributed by atoms with Gasteiger partial charge in [0.25, 0.3) is 0 Å². The first-order valence-corrected chi connectivity index (χ1v) is 8.31. The molecule has 6 nitrogen and oxygen atoms in total. The number of alkyl halides is 3. The summed E-state index contributed by atoms with van der Waals surface area (Å²) in [6.07, 6.45) is -1.98. The van der Waals surface area contributed by atoms with Gasteiger partial charge in [-0.3, -0.25) is 9.89 Å². The van der Waals surface area contributed by atoms with Crippen LogP contribution >= 0.6 is 24.0 Å². The molecule has 0 aromatic heterocycles. The van der Waals surface area contributed by atoms with E-state index >= 15 is 0 Å². The Morgan fingerprint density at radius 3 is 2.76 bits per heavy atom. The highest BCUT2D eigenvalue weighted by Crippen LogP contribution is 2.31. The van der Waals surface area contributed by atoms with Crippen LogP contribution in [0.15, 0.2) is 4.99 Å². The number of ether oxygens (including phenoxy) is 1. The maximum Gasteiger partial charge on any atom is 0.401 e. The lowest BCUT2D eigenvalue weighted by Gasteiger charge is -2.28. The summed E-state index contributed by atoms with van der Waals surface area (Å²) in [5.41, 5.74) is -0.107. The van der Waals surface area contributed by atoms with E-state index in [-0.39, 0.29) is 42.0 Å². The van der Waals surface area contributed by atoms with Gasteiger partial charge in [0.05, 0.1) is 13.2 Å². The van der Waals surface area contributed by atoms with Gasteiger partial charge in [0, 0.05) is 51.4 Å². The zero-order valence-electron chi connectivity index (χ0n) is 14.4. The van der Waals surface area contributed by atoms with Crippen molar-refractivity contribution in [2.24, 2.45) is 10.4 Å². The molecule has 2 saturated heterocycles. The zero-order valence-corrected chi connectivity index (χ0v) is 16.8. The van der Waals surface area contributed by atoms with E-state index in [1.807, 2.05) is 0 Å². The molecule has 0 saturated carbocycles. The predicted molar refractivity (Wildman–Crippen MR) is 100 cm³/mol. The summed E-state index contributed by atoms with van der Waals surface area (Å²) in [7, 11) is 1.64. The van der Waals surface area contributed by atoms with E-state index in [2.05, 4.69) is 15.6 Å². The Morgan fingerprint density at radius 1 is 1.44 bits per heavy atom. The van der Waals surface area contributed by atoms with Crippen LogP contribution in [0.3, 0.4) is 0 Å². The molecule has 2 aliphatic rings. The molecule has 0 bridgehead atoms. The zero-order chi connectivity index (χ0) is 17.6. The summed E-state index contributed by atoms with van der Waals surface area (Å²) in [6, 6.07) is -0.0489. The number of aliphatic hydroxyl groups excluding tert-OH is 1. The molecule has 2 atom stereocenters. The fourth-order valence-corrected chi connectivity index (χ4v) is 3.32. The molecule has 3 N–H and O–H groups in total. The molecule has 10 heteroatoms. The van der Waals surface area contributed by atoms with Gasteiger partial charge in [-0.2, -0.15) is 13.2 Å². The van der Waals surface area contributed by atoms with E-state index in [0.29, 0.717) is 51.6 Å². The van der Waals surface area contributed by atoms with Gasteiger partial charge >= 0.3 is 6.18 Å². The standard InChI is InChI=1S/C15H27F3N4O2.HI/c1-19-13(20-9-14(3-6-23)4-7-24-11-14)21-12-2-5-22(8-12)10-15(16,17)18;/h12,23H,2-11H2,1H3,(H2,19,20,21);1H. The highest BCUT2D eigenvalue weighted by molar-refractivity contribution is 14.0. The number of aliphatic imine (C=N–C) groups is 1. The van der Waals surface area contributed by atoms with E-state index in [9.17, 15) is 18.3 Å². The van der Waals surface area contributed by atoms with Crippen LogP contribution < -0.4 is 10.6 Å².